The smallest absolute Gasteiger partial charge is 0.263 e. The van der Waals surface area contributed by atoms with Crippen LogP contribution < -0.4 is 21.3 Å². The zero-order valence-electron chi connectivity index (χ0n) is 16.2. The maximum absolute atomic E-state index is 12.6. The van der Waals surface area contributed by atoms with Crippen LogP contribution in [0.2, 0.25) is 0 Å². The first-order valence-corrected chi connectivity index (χ1v) is 9.27. The Balaban J connectivity index is 2.14. The number of hydrogen-bond donors (Lipinski definition) is 3. The van der Waals surface area contributed by atoms with E-state index in [1.165, 1.54) is 0 Å². The molecule has 3 rings (SSSR count). The molecule has 3 aromatic rings. The maximum atomic E-state index is 12.6. The molecule has 0 saturated carbocycles. The predicted molar refractivity (Wildman–Crippen MR) is 111 cm³/mol. The molecule has 0 bridgehead atoms. The number of aromatic nitrogens is 2. The number of hydrogen-bond acceptors (Lipinski definition) is 5. The summed E-state index contributed by atoms with van der Waals surface area (Å²) >= 11 is 0. The van der Waals surface area contributed by atoms with Crippen molar-refractivity contribution in [2.75, 3.05) is 12.3 Å². The van der Waals surface area contributed by atoms with Crippen LogP contribution in [0, 0.1) is 0 Å². The van der Waals surface area contributed by atoms with Crippen LogP contribution in [0.15, 0.2) is 41.5 Å². The Morgan fingerprint density at radius 1 is 1.32 bits per heavy atom. The van der Waals surface area contributed by atoms with E-state index in [4.69, 9.17) is 10.5 Å². The molecule has 1 aromatic carbocycles. The highest BCUT2D eigenvalue weighted by Crippen LogP contribution is 2.31. The van der Waals surface area contributed by atoms with E-state index in [9.17, 15) is 9.59 Å². The van der Waals surface area contributed by atoms with Gasteiger partial charge in [-0.3, -0.25) is 14.6 Å². The van der Waals surface area contributed by atoms with Crippen LogP contribution in [-0.4, -0.2) is 28.5 Å². The number of ether oxygens (including phenoxy) is 1. The molecule has 0 unspecified atom stereocenters. The zero-order valence-corrected chi connectivity index (χ0v) is 16.2. The molecule has 0 spiro atoms. The largest absolute Gasteiger partial charge is 0.489 e. The Labute approximate surface area is 162 Å². The number of rotatable bonds is 6. The number of benzene rings is 1. The van der Waals surface area contributed by atoms with Crippen LogP contribution in [-0.2, 0) is 0 Å². The summed E-state index contributed by atoms with van der Waals surface area (Å²) < 4.78 is 5.71. The van der Waals surface area contributed by atoms with Crippen molar-refractivity contribution in [3.63, 3.8) is 0 Å². The third-order valence-corrected chi connectivity index (χ3v) is 4.25. The van der Waals surface area contributed by atoms with Gasteiger partial charge in [-0.25, -0.2) is 0 Å². The van der Waals surface area contributed by atoms with Crippen LogP contribution in [0.1, 0.15) is 37.6 Å². The van der Waals surface area contributed by atoms with Gasteiger partial charge in [-0.05, 0) is 26.3 Å². The number of carbonyl (C=O) groups excluding carboxylic acids is 1. The topological polar surface area (TPSA) is 110 Å². The van der Waals surface area contributed by atoms with E-state index in [-0.39, 0.29) is 17.4 Å². The molecule has 0 radical (unpaired) electrons. The number of H-pyrrole nitrogens is 1. The molecule has 0 saturated heterocycles. The molecule has 0 aliphatic carbocycles. The summed E-state index contributed by atoms with van der Waals surface area (Å²) in [5.74, 6) is 0.164. The molecule has 2 aromatic heterocycles. The molecule has 7 nitrogen and oxygen atoms in total. The number of anilines is 1. The standard InChI is InChI=1S/C21H24N4O3/c1-4-8-24-20(26)17-18(22)16-7-5-6-15(19(16)25-21(17)27)13-9-14(11-23-10-13)28-12(2)3/h5-7,9-12H,4,8H2,1-3H3,(H,24,26)(H3,22,25,27). The van der Waals surface area contributed by atoms with Crippen molar-refractivity contribution in [1.82, 2.24) is 15.3 Å². The summed E-state index contributed by atoms with van der Waals surface area (Å²) in [7, 11) is 0. The van der Waals surface area contributed by atoms with Crippen LogP contribution >= 0.6 is 0 Å². The van der Waals surface area contributed by atoms with Gasteiger partial charge in [-0.2, -0.15) is 0 Å². The van der Waals surface area contributed by atoms with E-state index in [1.54, 1.807) is 18.5 Å². The average molecular weight is 380 g/mol. The average Bonchev–Trinajstić information content (AvgIpc) is 2.65. The second-order valence-corrected chi connectivity index (χ2v) is 6.80. The van der Waals surface area contributed by atoms with Gasteiger partial charge in [0.2, 0.25) is 0 Å². The highest BCUT2D eigenvalue weighted by molar-refractivity contribution is 6.08. The first-order valence-electron chi connectivity index (χ1n) is 9.27. The maximum Gasteiger partial charge on any atom is 0.263 e. The fraction of sp³-hybridized carbons (Fsp3) is 0.286. The number of fused-ring (bicyclic) bond motifs is 1. The van der Waals surface area contributed by atoms with Gasteiger partial charge in [-0.15, -0.1) is 0 Å². The van der Waals surface area contributed by atoms with Gasteiger partial charge >= 0.3 is 0 Å². The van der Waals surface area contributed by atoms with Crippen molar-refractivity contribution in [3.8, 4) is 16.9 Å². The number of amides is 1. The monoisotopic (exact) mass is 380 g/mol. The van der Waals surface area contributed by atoms with Crippen LogP contribution in [0.25, 0.3) is 22.0 Å². The quantitative estimate of drug-likeness (QED) is 0.609. The van der Waals surface area contributed by atoms with Crippen LogP contribution in [0.5, 0.6) is 5.75 Å². The Morgan fingerprint density at radius 2 is 2.11 bits per heavy atom. The number of para-hydroxylation sites is 1. The van der Waals surface area contributed by atoms with Crippen molar-refractivity contribution in [2.24, 2.45) is 0 Å². The zero-order chi connectivity index (χ0) is 20.3. The second kappa shape index (κ2) is 8.12. The van der Waals surface area contributed by atoms with Gasteiger partial charge in [0.1, 0.15) is 11.3 Å². The van der Waals surface area contributed by atoms with Crippen LogP contribution in [0.4, 0.5) is 5.69 Å². The van der Waals surface area contributed by atoms with Crippen molar-refractivity contribution in [3.05, 3.63) is 52.6 Å². The molecule has 4 N–H and O–H groups in total. The number of nitrogens with two attached hydrogens (primary N) is 1. The summed E-state index contributed by atoms with van der Waals surface area (Å²) in [6, 6.07) is 7.33. The normalized spacial score (nSPS) is 11.0. The van der Waals surface area contributed by atoms with Crippen LogP contribution in [0.3, 0.4) is 0 Å². The van der Waals surface area contributed by atoms with Gasteiger partial charge < -0.3 is 20.8 Å². The summed E-state index contributed by atoms with van der Waals surface area (Å²) in [5, 5.41) is 3.31. The van der Waals surface area contributed by atoms with Crippen molar-refractivity contribution < 1.29 is 9.53 Å². The molecule has 146 valence electrons. The van der Waals surface area contributed by atoms with Gasteiger partial charge in [0, 0.05) is 29.3 Å². The lowest BCUT2D eigenvalue weighted by Gasteiger charge is -2.13. The lowest BCUT2D eigenvalue weighted by atomic mass is 10.0. The second-order valence-electron chi connectivity index (χ2n) is 6.80. The molecular weight excluding hydrogens is 356 g/mol. The first kappa shape index (κ1) is 19.4. The molecule has 2 heterocycles. The fourth-order valence-electron chi connectivity index (χ4n) is 3.04. The van der Waals surface area contributed by atoms with E-state index in [0.29, 0.717) is 23.2 Å². The predicted octanol–water partition coefficient (Wildman–Crippen LogP) is 3.10. The van der Waals surface area contributed by atoms with E-state index >= 15 is 0 Å². The number of pyridine rings is 2. The molecule has 1 amide bonds. The Morgan fingerprint density at radius 3 is 2.82 bits per heavy atom. The molecule has 28 heavy (non-hydrogen) atoms. The highest BCUT2D eigenvalue weighted by Gasteiger charge is 2.19. The molecule has 0 aliphatic rings. The highest BCUT2D eigenvalue weighted by atomic mass is 16.5. The summed E-state index contributed by atoms with van der Waals surface area (Å²) in [5.41, 5.74) is 7.88. The fourth-order valence-corrected chi connectivity index (χ4v) is 3.04. The third kappa shape index (κ3) is 3.83. The van der Waals surface area contributed by atoms with Crippen molar-refractivity contribution in [2.45, 2.75) is 33.3 Å². The third-order valence-electron chi connectivity index (χ3n) is 4.25. The van der Waals surface area contributed by atoms with E-state index in [1.807, 2.05) is 39.0 Å². The molecule has 0 fully saturated rings. The number of nitrogen functional groups attached to an aromatic ring is 1. The minimum Gasteiger partial charge on any atom is -0.489 e. The van der Waals surface area contributed by atoms with Gasteiger partial charge in [0.15, 0.2) is 0 Å². The van der Waals surface area contributed by atoms with Gasteiger partial charge in [-0.1, -0.05) is 25.1 Å². The van der Waals surface area contributed by atoms with E-state index in [0.717, 1.165) is 17.5 Å². The van der Waals surface area contributed by atoms with Gasteiger partial charge in [0.25, 0.3) is 11.5 Å². The van der Waals surface area contributed by atoms with Gasteiger partial charge in [0.05, 0.1) is 23.5 Å². The van der Waals surface area contributed by atoms with Crippen molar-refractivity contribution >= 4 is 22.5 Å². The Kier molecular flexibility index (Phi) is 5.63. The lowest BCUT2D eigenvalue weighted by molar-refractivity contribution is 0.0953. The minimum atomic E-state index is -0.520. The minimum absolute atomic E-state index is 0.0178. The number of carbonyl (C=O) groups is 1. The lowest BCUT2D eigenvalue weighted by Crippen LogP contribution is -2.31. The summed E-state index contributed by atoms with van der Waals surface area (Å²) in [6.07, 6.45) is 4.12. The van der Waals surface area contributed by atoms with Crippen molar-refractivity contribution in [1.29, 1.82) is 0 Å². The molecular formula is C21H24N4O3. The SMILES string of the molecule is CCCNC(=O)c1c(N)c2cccc(-c3cncc(OC(C)C)c3)c2[nH]c1=O. The number of nitrogens with one attached hydrogen (secondary N) is 2. The number of aromatic amines is 1. The molecule has 0 aliphatic heterocycles. The Hall–Kier alpha value is -3.35. The van der Waals surface area contributed by atoms with E-state index in [2.05, 4.69) is 15.3 Å². The summed E-state index contributed by atoms with van der Waals surface area (Å²) in [4.78, 5) is 32.0. The molecule has 7 heteroatoms. The molecule has 0 atom stereocenters. The number of nitrogens with zero attached hydrogens (tertiary/aromatic N) is 1. The Bertz CT molecular complexity index is 1070. The summed E-state index contributed by atoms with van der Waals surface area (Å²) in [6.45, 7) is 6.29. The van der Waals surface area contributed by atoms with E-state index < -0.39 is 11.5 Å². The first-order chi connectivity index (χ1) is 13.4.